The van der Waals surface area contributed by atoms with Crippen LogP contribution < -0.4 is 4.90 Å². The van der Waals surface area contributed by atoms with E-state index < -0.39 is 0 Å². The lowest BCUT2D eigenvalue weighted by molar-refractivity contribution is -0.136. The van der Waals surface area contributed by atoms with Gasteiger partial charge in [-0.25, -0.2) is 4.98 Å². The van der Waals surface area contributed by atoms with Crippen molar-refractivity contribution in [1.29, 1.82) is 0 Å². The summed E-state index contributed by atoms with van der Waals surface area (Å²) in [4.78, 5) is 21.4. The Morgan fingerprint density at radius 1 is 1.21 bits per heavy atom. The van der Waals surface area contributed by atoms with Crippen LogP contribution in [0.1, 0.15) is 19.3 Å². The molecule has 2 saturated heterocycles. The van der Waals surface area contributed by atoms with Crippen LogP contribution >= 0.6 is 11.3 Å². The van der Waals surface area contributed by atoms with Gasteiger partial charge >= 0.3 is 0 Å². The molecule has 0 saturated carbocycles. The van der Waals surface area contributed by atoms with Crippen LogP contribution in [0.3, 0.4) is 0 Å². The largest absolute Gasteiger partial charge is 0.378 e. The second-order valence-electron chi connectivity index (χ2n) is 6.59. The number of fused-ring (bicyclic) bond motifs is 1. The van der Waals surface area contributed by atoms with Gasteiger partial charge < -0.3 is 14.5 Å². The number of hydrogen-bond donors (Lipinski definition) is 0. The fraction of sp³-hybridized carbons (Fsp3) is 0.556. The second-order valence-corrected chi connectivity index (χ2v) is 7.54. The molecular formula is C18H23N3O2S. The molecule has 2 aromatic rings. The molecule has 2 fully saturated rings. The number of hydrogen-bond acceptors (Lipinski definition) is 5. The molecule has 0 spiro atoms. The lowest BCUT2D eigenvalue weighted by atomic mass is 9.92. The van der Waals surface area contributed by atoms with Gasteiger partial charge in [-0.05, 0) is 36.3 Å². The fourth-order valence-electron chi connectivity index (χ4n) is 3.67. The molecule has 4 heterocycles. The highest BCUT2D eigenvalue weighted by Crippen LogP contribution is 2.31. The summed E-state index contributed by atoms with van der Waals surface area (Å²) in [5.74, 6) is 1.90. The molecule has 1 amide bonds. The van der Waals surface area contributed by atoms with E-state index in [1.54, 1.807) is 11.3 Å². The smallest absolute Gasteiger partial charge is 0.223 e. The van der Waals surface area contributed by atoms with Crippen LogP contribution in [0.25, 0.3) is 10.1 Å². The Balaban J connectivity index is 1.35. The Morgan fingerprint density at radius 3 is 2.79 bits per heavy atom. The highest BCUT2D eigenvalue weighted by atomic mass is 32.1. The predicted molar refractivity (Wildman–Crippen MR) is 96.6 cm³/mol. The van der Waals surface area contributed by atoms with Crippen molar-refractivity contribution in [2.24, 2.45) is 5.92 Å². The number of pyridine rings is 1. The maximum absolute atomic E-state index is 12.4. The van der Waals surface area contributed by atoms with Crippen LogP contribution in [0.2, 0.25) is 0 Å². The van der Waals surface area contributed by atoms with Gasteiger partial charge in [0.15, 0.2) is 0 Å². The molecule has 6 heteroatoms. The molecule has 2 aliphatic heterocycles. The first-order valence-corrected chi connectivity index (χ1v) is 9.62. The van der Waals surface area contributed by atoms with Crippen LogP contribution in [-0.2, 0) is 9.53 Å². The van der Waals surface area contributed by atoms with E-state index in [1.165, 1.54) is 10.1 Å². The van der Waals surface area contributed by atoms with Gasteiger partial charge in [0.05, 0.1) is 13.2 Å². The Kier molecular flexibility index (Phi) is 4.67. The summed E-state index contributed by atoms with van der Waals surface area (Å²) in [6, 6.07) is 4.24. The number of nitrogens with zero attached hydrogens (tertiary/aromatic N) is 3. The van der Waals surface area contributed by atoms with Crippen molar-refractivity contribution in [2.75, 3.05) is 44.3 Å². The number of morpholine rings is 1. The van der Waals surface area contributed by atoms with E-state index in [0.29, 0.717) is 31.5 Å². The van der Waals surface area contributed by atoms with Crippen LogP contribution in [0.15, 0.2) is 23.7 Å². The minimum absolute atomic E-state index is 0.301. The zero-order valence-electron chi connectivity index (χ0n) is 13.8. The van der Waals surface area contributed by atoms with Gasteiger partial charge in [0.1, 0.15) is 5.82 Å². The average Bonchev–Trinajstić information content (AvgIpc) is 3.12. The van der Waals surface area contributed by atoms with Crippen LogP contribution in [0.5, 0.6) is 0 Å². The van der Waals surface area contributed by atoms with Crippen molar-refractivity contribution < 1.29 is 9.53 Å². The second kappa shape index (κ2) is 7.07. The van der Waals surface area contributed by atoms with E-state index in [1.807, 2.05) is 11.1 Å². The average molecular weight is 345 g/mol. The van der Waals surface area contributed by atoms with Crippen LogP contribution in [0.4, 0.5) is 5.82 Å². The van der Waals surface area contributed by atoms with Gasteiger partial charge in [-0.2, -0.15) is 0 Å². The van der Waals surface area contributed by atoms with E-state index in [0.717, 1.165) is 44.8 Å². The summed E-state index contributed by atoms with van der Waals surface area (Å²) in [6.45, 7) is 4.84. The van der Waals surface area contributed by atoms with Gasteiger partial charge in [0, 0.05) is 48.9 Å². The van der Waals surface area contributed by atoms with E-state index >= 15 is 0 Å². The zero-order valence-corrected chi connectivity index (χ0v) is 14.6. The monoisotopic (exact) mass is 345 g/mol. The molecule has 0 N–H and O–H groups in total. The van der Waals surface area contributed by atoms with Crippen molar-refractivity contribution in [3.05, 3.63) is 23.7 Å². The SMILES string of the molecule is O=C(CC1CCN(c2nccc3sccc23)CC1)N1CCOCC1. The van der Waals surface area contributed by atoms with Gasteiger partial charge in [-0.3, -0.25) is 4.79 Å². The molecular weight excluding hydrogens is 322 g/mol. The first kappa shape index (κ1) is 15.8. The third-order valence-corrected chi connectivity index (χ3v) is 5.98. The fourth-order valence-corrected chi connectivity index (χ4v) is 4.45. The number of anilines is 1. The lowest BCUT2D eigenvalue weighted by Crippen LogP contribution is -2.42. The Hall–Kier alpha value is -1.66. The number of thiophene rings is 1. The molecule has 2 aliphatic rings. The maximum atomic E-state index is 12.4. The van der Waals surface area contributed by atoms with Gasteiger partial charge in [-0.15, -0.1) is 11.3 Å². The van der Waals surface area contributed by atoms with Crippen molar-refractivity contribution >= 4 is 33.1 Å². The van der Waals surface area contributed by atoms with Gasteiger partial charge in [0.2, 0.25) is 5.91 Å². The molecule has 0 unspecified atom stereocenters. The quantitative estimate of drug-likeness (QED) is 0.858. The first-order chi connectivity index (χ1) is 11.8. The summed E-state index contributed by atoms with van der Waals surface area (Å²) < 4.78 is 6.62. The Labute approximate surface area is 146 Å². The first-order valence-electron chi connectivity index (χ1n) is 8.74. The third-order valence-electron chi connectivity index (χ3n) is 5.10. The molecule has 0 bridgehead atoms. The van der Waals surface area contributed by atoms with Gasteiger partial charge in [0.25, 0.3) is 0 Å². The van der Waals surface area contributed by atoms with Crippen molar-refractivity contribution in [3.63, 3.8) is 0 Å². The Bertz CT molecular complexity index is 703. The van der Waals surface area contributed by atoms with E-state index in [9.17, 15) is 4.79 Å². The molecule has 0 radical (unpaired) electrons. The highest BCUT2D eigenvalue weighted by molar-refractivity contribution is 7.17. The summed E-state index contributed by atoms with van der Waals surface area (Å²) in [5, 5.41) is 3.38. The van der Waals surface area contributed by atoms with Crippen LogP contribution in [0, 0.1) is 5.92 Å². The highest BCUT2D eigenvalue weighted by Gasteiger charge is 2.26. The number of ether oxygens (including phenoxy) is 1. The van der Waals surface area contributed by atoms with E-state index in [-0.39, 0.29) is 0 Å². The van der Waals surface area contributed by atoms with E-state index in [2.05, 4.69) is 27.4 Å². The van der Waals surface area contributed by atoms with Crippen LogP contribution in [-0.4, -0.2) is 55.2 Å². The molecule has 4 rings (SSSR count). The van der Waals surface area contributed by atoms with Gasteiger partial charge in [-0.1, -0.05) is 0 Å². The topological polar surface area (TPSA) is 45.7 Å². The minimum Gasteiger partial charge on any atom is -0.378 e. The summed E-state index contributed by atoms with van der Waals surface area (Å²) in [5.41, 5.74) is 0. The maximum Gasteiger partial charge on any atom is 0.223 e. The van der Waals surface area contributed by atoms with Crippen molar-refractivity contribution in [3.8, 4) is 0 Å². The van der Waals surface area contributed by atoms with E-state index in [4.69, 9.17) is 4.74 Å². The third kappa shape index (κ3) is 3.26. The van der Waals surface area contributed by atoms with Crippen molar-refractivity contribution in [2.45, 2.75) is 19.3 Å². The Morgan fingerprint density at radius 2 is 2.00 bits per heavy atom. The number of amides is 1. The normalized spacial score (nSPS) is 19.8. The predicted octanol–water partition coefficient (Wildman–Crippen LogP) is 2.76. The number of carbonyl (C=O) groups is 1. The number of carbonyl (C=O) groups excluding carboxylic acids is 1. The summed E-state index contributed by atoms with van der Waals surface area (Å²) >= 11 is 1.76. The standard InChI is InChI=1S/C18H23N3O2S/c22-17(20-8-10-23-11-9-20)13-14-2-6-21(7-3-14)18-15-4-12-24-16(15)1-5-19-18/h1,4-5,12,14H,2-3,6-11,13H2. The summed E-state index contributed by atoms with van der Waals surface area (Å²) in [7, 11) is 0. The number of piperidine rings is 1. The molecule has 0 aliphatic carbocycles. The lowest BCUT2D eigenvalue weighted by Gasteiger charge is -2.34. The minimum atomic E-state index is 0.301. The summed E-state index contributed by atoms with van der Waals surface area (Å²) in [6.07, 6.45) is 4.72. The molecule has 0 atom stereocenters. The molecule has 5 nitrogen and oxygen atoms in total. The molecule has 128 valence electrons. The zero-order chi connectivity index (χ0) is 16.4. The molecule has 2 aromatic heterocycles. The number of rotatable bonds is 3. The number of aromatic nitrogens is 1. The van der Waals surface area contributed by atoms with Crippen molar-refractivity contribution in [1.82, 2.24) is 9.88 Å². The molecule has 0 aromatic carbocycles. The molecule has 24 heavy (non-hydrogen) atoms.